The number of alkyl halides is 1. The van der Waals surface area contributed by atoms with Gasteiger partial charge in [0.2, 0.25) is 0 Å². The van der Waals surface area contributed by atoms with Crippen molar-refractivity contribution in [3.8, 4) is 0 Å². The fourth-order valence-corrected chi connectivity index (χ4v) is 0.754. The van der Waals surface area contributed by atoms with Crippen LogP contribution in [0, 0.1) is 0 Å². The second-order valence-electron chi connectivity index (χ2n) is 2.28. The summed E-state index contributed by atoms with van der Waals surface area (Å²) < 4.78 is 35.7. The van der Waals surface area contributed by atoms with E-state index in [1.807, 2.05) is 0 Å². The third-order valence-corrected chi connectivity index (χ3v) is 1.38. The topological polar surface area (TPSA) is 52.6 Å². The molecule has 4 nitrogen and oxygen atoms in total. The molecule has 0 aromatic rings. The number of hydrogen-bond acceptors (Lipinski definition) is 4. The Morgan fingerprint density at radius 3 is 1.79 bits per heavy atom. The van der Waals surface area contributed by atoms with Crippen LogP contribution >= 0.6 is 0 Å². The van der Waals surface area contributed by atoms with E-state index in [0.717, 1.165) is 0 Å². The van der Waals surface area contributed by atoms with Gasteiger partial charge in [-0.3, -0.25) is 9.88 Å². The van der Waals surface area contributed by atoms with Gasteiger partial charge in [0.25, 0.3) is 0 Å². The van der Waals surface area contributed by atoms with Crippen molar-refractivity contribution in [2.24, 2.45) is 0 Å². The van der Waals surface area contributed by atoms with E-state index in [-0.39, 0.29) is 25.3 Å². The van der Waals surface area contributed by atoms with Crippen LogP contribution in [0.15, 0.2) is 0 Å². The summed E-state index contributed by atoms with van der Waals surface area (Å²) in [5.74, 6) is -4.23. The van der Waals surface area contributed by atoms with Crippen LogP contribution in [0.5, 0.6) is 0 Å². The van der Waals surface area contributed by atoms with Crippen molar-refractivity contribution in [1.82, 2.24) is 0 Å². The van der Waals surface area contributed by atoms with Gasteiger partial charge in [0.15, 0.2) is 0 Å². The van der Waals surface area contributed by atoms with Crippen LogP contribution in [0.25, 0.3) is 0 Å². The van der Waals surface area contributed by atoms with E-state index in [4.69, 9.17) is 0 Å². The molecule has 8 heteroatoms. The van der Waals surface area contributed by atoms with Crippen LogP contribution < -0.4 is 0 Å². The molecule has 78 valence electrons. The van der Waals surface area contributed by atoms with Gasteiger partial charge in [-0.15, -0.1) is 0 Å². The predicted octanol–water partition coefficient (Wildman–Crippen LogP) is 0.702. The molecule has 0 aliphatic rings. The summed E-state index contributed by atoms with van der Waals surface area (Å²) in [5.41, 5.74) is -3.40. The molecule has 0 unspecified atom stereocenters. The van der Waals surface area contributed by atoms with Gasteiger partial charge >= 0.3 is 36.5 Å². The van der Waals surface area contributed by atoms with Gasteiger partial charge in [-0.05, 0) is 0 Å². The van der Waals surface area contributed by atoms with Crippen molar-refractivity contribution >= 4 is 30.8 Å². The van der Waals surface area contributed by atoms with Gasteiger partial charge in [-0.1, -0.05) is 13.3 Å². The van der Waals surface area contributed by atoms with E-state index < -0.39 is 24.0 Å². The Morgan fingerprint density at radius 2 is 1.57 bits per heavy atom. The zero-order valence-electron chi connectivity index (χ0n) is 6.68. The van der Waals surface area contributed by atoms with Crippen LogP contribution in [-0.2, 0) is 19.5 Å². The van der Waals surface area contributed by atoms with Crippen LogP contribution in [0.4, 0.5) is 13.4 Å². The summed E-state index contributed by atoms with van der Waals surface area (Å²) in [6, 6.07) is 0. The Hall–Kier alpha value is -0.673. The molecule has 0 saturated heterocycles. The molecule has 0 bridgehead atoms. The molecule has 0 rings (SSSR count). The van der Waals surface area contributed by atoms with Crippen LogP contribution in [-0.4, -0.2) is 36.5 Å². The van der Waals surface area contributed by atoms with E-state index in [9.17, 15) is 23.0 Å². The Labute approximate surface area is 89.7 Å². The normalized spacial score (nSPS) is 10.0. The van der Waals surface area contributed by atoms with E-state index in [2.05, 4.69) is 9.88 Å². The fourth-order valence-electron chi connectivity index (χ4n) is 0.754. The first kappa shape index (κ1) is 15.8. The van der Waals surface area contributed by atoms with Crippen LogP contribution in [0.1, 0.15) is 19.8 Å². The summed E-state index contributed by atoms with van der Waals surface area (Å²) in [6.07, 6.45) is -0.695. The zero-order valence-corrected chi connectivity index (χ0v) is 6.68. The molecule has 0 fully saturated rings. The van der Waals surface area contributed by atoms with Crippen molar-refractivity contribution in [3.63, 3.8) is 0 Å². The van der Waals surface area contributed by atoms with Gasteiger partial charge in [0.05, 0.1) is 0 Å². The standard InChI is InChI=1S/C6H7F3O4.Li.H/c1-2-3-6(7,4(10)12-8)5(11)13-9;;/h2-3H2,1H3;;. The molecule has 14 heavy (non-hydrogen) atoms. The van der Waals surface area contributed by atoms with Crippen molar-refractivity contribution in [1.29, 1.82) is 0 Å². The van der Waals surface area contributed by atoms with Gasteiger partial charge in [-0.25, -0.2) is 14.0 Å². The molecular formula is C6H8F3LiO4. The summed E-state index contributed by atoms with van der Waals surface area (Å²) in [6.45, 7) is 1.41. The molecule has 0 radical (unpaired) electrons. The maximum atomic E-state index is 13.2. The minimum atomic E-state index is -3.40. The molecule has 0 saturated carbocycles. The van der Waals surface area contributed by atoms with Crippen molar-refractivity contribution in [3.05, 3.63) is 0 Å². The third kappa shape index (κ3) is 3.23. The first-order valence-corrected chi connectivity index (χ1v) is 3.37. The summed E-state index contributed by atoms with van der Waals surface area (Å²) in [7, 11) is 0. The molecule has 0 atom stereocenters. The summed E-state index contributed by atoms with van der Waals surface area (Å²) in [5, 5.41) is 0. The molecule has 0 amide bonds. The first-order valence-electron chi connectivity index (χ1n) is 3.37. The van der Waals surface area contributed by atoms with Crippen molar-refractivity contribution in [2.45, 2.75) is 25.4 Å². The van der Waals surface area contributed by atoms with Gasteiger partial charge in [-0.2, -0.15) is 0 Å². The summed E-state index contributed by atoms with van der Waals surface area (Å²) in [4.78, 5) is 25.8. The first-order chi connectivity index (χ1) is 6.02. The second kappa shape index (κ2) is 6.73. The molecular weight excluding hydrogens is 200 g/mol. The van der Waals surface area contributed by atoms with E-state index in [1.54, 1.807) is 0 Å². The minimum absolute atomic E-state index is 0. The number of carbonyl (C=O) groups is 2. The molecule has 0 aromatic carbocycles. The van der Waals surface area contributed by atoms with Crippen LogP contribution in [0.2, 0.25) is 0 Å². The van der Waals surface area contributed by atoms with E-state index in [1.165, 1.54) is 6.92 Å². The third-order valence-electron chi connectivity index (χ3n) is 1.38. The monoisotopic (exact) mass is 208 g/mol. The number of hydrogen-bond donors (Lipinski definition) is 0. The quantitative estimate of drug-likeness (QED) is 0.504. The molecule has 0 aromatic heterocycles. The molecule has 0 heterocycles. The fraction of sp³-hybridized carbons (Fsp3) is 0.667. The van der Waals surface area contributed by atoms with Crippen molar-refractivity contribution in [2.75, 3.05) is 0 Å². The Morgan fingerprint density at radius 1 is 1.21 bits per heavy atom. The molecule has 0 N–H and O–H groups in total. The second-order valence-corrected chi connectivity index (χ2v) is 2.28. The Kier molecular flexibility index (Phi) is 7.59. The maximum absolute atomic E-state index is 13.2. The van der Waals surface area contributed by atoms with Gasteiger partial charge in [0.1, 0.15) is 0 Å². The van der Waals surface area contributed by atoms with Gasteiger partial charge in [0, 0.05) is 15.5 Å². The molecule has 0 spiro atoms. The SMILES string of the molecule is CCCC(F)(C(=O)OF)C(=O)OF.[LiH]. The average Bonchev–Trinajstić information content (AvgIpc) is 2.15. The van der Waals surface area contributed by atoms with E-state index >= 15 is 0 Å². The summed E-state index contributed by atoms with van der Waals surface area (Å²) >= 11 is 0. The average molecular weight is 208 g/mol. The van der Waals surface area contributed by atoms with E-state index in [0.29, 0.717) is 0 Å². The van der Waals surface area contributed by atoms with Gasteiger partial charge < -0.3 is 0 Å². The predicted molar refractivity (Wildman–Crippen MR) is 40.3 cm³/mol. The van der Waals surface area contributed by atoms with Crippen molar-refractivity contribution < 1.29 is 32.9 Å². The number of halogens is 3. The number of rotatable bonds is 4. The zero-order chi connectivity index (χ0) is 10.5. The Balaban J connectivity index is 0. The number of carbonyl (C=O) groups excluding carboxylic acids is 2. The molecule has 0 aliphatic heterocycles. The van der Waals surface area contributed by atoms with Crippen LogP contribution in [0.3, 0.4) is 0 Å². The molecule has 0 aliphatic carbocycles. The Bertz CT molecular complexity index is 195.